The quantitative estimate of drug-likeness (QED) is 0.624. The van der Waals surface area contributed by atoms with Crippen molar-refractivity contribution in [1.82, 2.24) is 4.98 Å². The number of benzene rings is 1. The molecule has 98 valence electrons. The molecule has 0 radical (unpaired) electrons. The van der Waals surface area contributed by atoms with Crippen LogP contribution in [0.25, 0.3) is 0 Å². The molecule has 0 atom stereocenters. The Labute approximate surface area is 111 Å². The van der Waals surface area contributed by atoms with Crippen LogP contribution >= 0.6 is 0 Å². The van der Waals surface area contributed by atoms with E-state index in [2.05, 4.69) is 11.1 Å². The minimum atomic E-state index is -0.545. The van der Waals surface area contributed by atoms with Crippen molar-refractivity contribution in [2.75, 3.05) is 0 Å². The molecule has 0 spiro atoms. The summed E-state index contributed by atoms with van der Waals surface area (Å²) in [5.41, 5.74) is 3.26. The summed E-state index contributed by atoms with van der Waals surface area (Å²) in [6, 6.07) is 9.22. The van der Waals surface area contributed by atoms with Crippen molar-refractivity contribution in [1.29, 1.82) is 0 Å². The Kier molecular flexibility index (Phi) is 3.75. The molecule has 5 heteroatoms. The van der Waals surface area contributed by atoms with E-state index in [0.717, 1.165) is 16.7 Å². The summed E-state index contributed by atoms with van der Waals surface area (Å²) in [5, 5.41) is 10.8. The van der Waals surface area contributed by atoms with Crippen molar-refractivity contribution in [3.8, 4) is 5.75 Å². The van der Waals surface area contributed by atoms with Crippen LogP contribution in [0.2, 0.25) is 0 Å². The number of hydrogen-bond donors (Lipinski definition) is 0. The Morgan fingerprint density at radius 2 is 1.95 bits per heavy atom. The maximum atomic E-state index is 10.8. The molecule has 2 rings (SSSR count). The van der Waals surface area contributed by atoms with Gasteiger partial charge < -0.3 is 14.9 Å². The number of hydrogen-bond acceptors (Lipinski definition) is 4. The predicted octanol–water partition coefficient (Wildman–Crippen LogP) is 3.19. The van der Waals surface area contributed by atoms with Crippen molar-refractivity contribution >= 4 is 5.82 Å². The highest BCUT2D eigenvalue weighted by atomic mass is 16.6. The van der Waals surface area contributed by atoms with Gasteiger partial charge in [0, 0.05) is 0 Å². The molecule has 0 bridgehead atoms. The molecular formula is C14H14N2O3. The van der Waals surface area contributed by atoms with E-state index in [4.69, 9.17) is 4.74 Å². The first kappa shape index (κ1) is 13.0. The largest absolute Gasteiger partial charge is 0.481 e. The summed E-state index contributed by atoms with van der Waals surface area (Å²) >= 11 is 0. The van der Waals surface area contributed by atoms with Crippen molar-refractivity contribution in [3.63, 3.8) is 0 Å². The third-order valence-electron chi connectivity index (χ3n) is 2.60. The van der Waals surface area contributed by atoms with Gasteiger partial charge in [-0.25, -0.2) is 0 Å². The molecular weight excluding hydrogens is 244 g/mol. The first-order valence-corrected chi connectivity index (χ1v) is 5.85. The van der Waals surface area contributed by atoms with Crippen molar-refractivity contribution in [2.45, 2.75) is 20.5 Å². The molecule has 0 aliphatic carbocycles. The third-order valence-corrected chi connectivity index (χ3v) is 2.60. The van der Waals surface area contributed by atoms with E-state index in [9.17, 15) is 10.1 Å². The molecule has 0 unspecified atom stereocenters. The topological polar surface area (TPSA) is 65.3 Å². The molecule has 0 amide bonds. The molecule has 19 heavy (non-hydrogen) atoms. The summed E-state index contributed by atoms with van der Waals surface area (Å²) in [4.78, 5) is 14.0. The average Bonchev–Trinajstić information content (AvgIpc) is 2.35. The Morgan fingerprint density at radius 1 is 1.26 bits per heavy atom. The third kappa shape index (κ3) is 3.28. The molecule has 0 aliphatic rings. The molecule has 1 aromatic heterocycles. The van der Waals surface area contributed by atoms with E-state index in [-0.39, 0.29) is 18.2 Å². The van der Waals surface area contributed by atoms with Crippen LogP contribution in [0.4, 0.5) is 5.82 Å². The number of nitro groups is 1. The summed E-state index contributed by atoms with van der Waals surface area (Å²) in [6.45, 7) is 4.29. The second-order valence-corrected chi connectivity index (χ2v) is 4.37. The van der Waals surface area contributed by atoms with Gasteiger partial charge in [-0.15, -0.1) is 0 Å². The Morgan fingerprint density at radius 3 is 2.58 bits per heavy atom. The fraction of sp³-hybridized carbons (Fsp3) is 0.214. The van der Waals surface area contributed by atoms with E-state index in [1.165, 1.54) is 6.20 Å². The van der Waals surface area contributed by atoms with Crippen molar-refractivity contribution < 1.29 is 9.66 Å². The van der Waals surface area contributed by atoms with Crippen LogP contribution < -0.4 is 4.74 Å². The lowest BCUT2D eigenvalue weighted by molar-refractivity contribution is -0.390. The van der Waals surface area contributed by atoms with Crippen LogP contribution in [0.15, 0.2) is 36.5 Å². The van der Waals surface area contributed by atoms with Gasteiger partial charge in [0.15, 0.2) is 0 Å². The lowest BCUT2D eigenvalue weighted by atomic mass is 10.1. The van der Waals surface area contributed by atoms with Gasteiger partial charge in [-0.1, -0.05) is 29.3 Å². The molecule has 2 aromatic rings. The standard InChI is InChI=1S/C14H14N2O3/c1-10-6-11(2)8-12(7-10)9-19-13-4-3-5-15-14(13)16(17)18/h3-8H,9H2,1-2H3. The first-order valence-electron chi connectivity index (χ1n) is 5.85. The summed E-state index contributed by atoms with van der Waals surface area (Å²) in [7, 11) is 0. The van der Waals surface area contributed by atoms with Gasteiger partial charge in [0.05, 0.1) is 0 Å². The van der Waals surface area contributed by atoms with E-state index in [1.807, 2.05) is 26.0 Å². The van der Waals surface area contributed by atoms with Crippen LogP contribution in [0.3, 0.4) is 0 Å². The number of aryl methyl sites for hydroxylation is 2. The van der Waals surface area contributed by atoms with E-state index in [0.29, 0.717) is 0 Å². The van der Waals surface area contributed by atoms with Gasteiger partial charge in [-0.2, -0.15) is 0 Å². The number of nitrogens with zero attached hydrogens (tertiary/aromatic N) is 2. The van der Waals surface area contributed by atoms with Crippen molar-refractivity contribution in [2.24, 2.45) is 0 Å². The Hall–Kier alpha value is -2.43. The zero-order chi connectivity index (χ0) is 13.8. The molecule has 0 saturated heterocycles. The second-order valence-electron chi connectivity index (χ2n) is 4.37. The number of ether oxygens (including phenoxy) is 1. The van der Waals surface area contributed by atoms with Crippen LogP contribution in [-0.2, 0) is 6.61 Å². The average molecular weight is 258 g/mol. The summed E-state index contributed by atoms with van der Waals surface area (Å²) < 4.78 is 5.49. The number of pyridine rings is 1. The van der Waals surface area contributed by atoms with Crippen LogP contribution in [-0.4, -0.2) is 9.91 Å². The molecule has 0 saturated carbocycles. The van der Waals surface area contributed by atoms with E-state index >= 15 is 0 Å². The Balaban J connectivity index is 2.16. The second kappa shape index (κ2) is 5.48. The molecule has 0 aliphatic heterocycles. The van der Waals surface area contributed by atoms with Gasteiger partial charge in [-0.05, 0) is 41.5 Å². The molecule has 0 fully saturated rings. The fourth-order valence-corrected chi connectivity index (χ4v) is 1.95. The van der Waals surface area contributed by atoms with Gasteiger partial charge in [-0.3, -0.25) is 0 Å². The van der Waals surface area contributed by atoms with Crippen LogP contribution in [0.1, 0.15) is 16.7 Å². The van der Waals surface area contributed by atoms with E-state index in [1.54, 1.807) is 12.1 Å². The monoisotopic (exact) mass is 258 g/mol. The minimum Gasteiger partial charge on any atom is -0.481 e. The highest BCUT2D eigenvalue weighted by Crippen LogP contribution is 2.24. The number of aromatic nitrogens is 1. The smallest absolute Gasteiger partial charge is 0.406 e. The van der Waals surface area contributed by atoms with E-state index < -0.39 is 4.92 Å². The molecule has 1 heterocycles. The molecule has 0 N–H and O–H groups in total. The van der Waals surface area contributed by atoms with Crippen LogP contribution in [0.5, 0.6) is 5.75 Å². The molecule has 5 nitrogen and oxygen atoms in total. The highest BCUT2D eigenvalue weighted by Gasteiger charge is 2.15. The summed E-state index contributed by atoms with van der Waals surface area (Å²) in [6.07, 6.45) is 1.38. The first-order chi connectivity index (χ1) is 9.06. The molecule has 1 aromatic carbocycles. The maximum Gasteiger partial charge on any atom is 0.406 e. The summed E-state index contributed by atoms with van der Waals surface area (Å²) in [5.74, 6) is -0.0708. The van der Waals surface area contributed by atoms with Crippen LogP contribution in [0, 0.1) is 24.0 Å². The minimum absolute atomic E-state index is 0.187. The predicted molar refractivity (Wildman–Crippen MR) is 71.1 cm³/mol. The zero-order valence-corrected chi connectivity index (χ0v) is 10.8. The number of rotatable bonds is 4. The maximum absolute atomic E-state index is 10.8. The zero-order valence-electron chi connectivity index (χ0n) is 10.8. The van der Waals surface area contributed by atoms with Crippen molar-refractivity contribution in [3.05, 3.63) is 63.3 Å². The van der Waals surface area contributed by atoms with Gasteiger partial charge in [0.1, 0.15) is 12.8 Å². The van der Waals surface area contributed by atoms with Gasteiger partial charge >= 0.3 is 5.82 Å². The lowest BCUT2D eigenvalue weighted by Crippen LogP contribution is -2.01. The normalized spacial score (nSPS) is 10.2. The Bertz CT molecular complexity index is 591. The SMILES string of the molecule is Cc1cc(C)cc(COc2cccnc2[N+](=O)[O-])c1. The van der Waals surface area contributed by atoms with Gasteiger partial charge in [0.2, 0.25) is 5.75 Å². The highest BCUT2D eigenvalue weighted by molar-refractivity contribution is 5.39. The van der Waals surface area contributed by atoms with Gasteiger partial charge in [0.25, 0.3) is 0 Å². The fourth-order valence-electron chi connectivity index (χ4n) is 1.95. The lowest BCUT2D eigenvalue weighted by Gasteiger charge is -2.07.